The molecular weight excluding hydrogens is 310 g/mol. The second-order valence-corrected chi connectivity index (χ2v) is 5.18. The average Bonchev–Trinajstić information content (AvgIpc) is 2.67. The summed E-state index contributed by atoms with van der Waals surface area (Å²) in [4.78, 5) is 18.5. The van der Waals surface area contributed by atoms with Gasteiger partial charge in [-0.3, -0.25) is 9.48 Å². The first kappa shape index (κ1) is 14.0. The Bertz CT molecular complexity index is 516. The molecule has 6 nitrogen and oxygen atoms in total. The number of guanidine groups is 1. The number of hydrogen-bond acceptors (Lipinski definition) is 4. The van der Waals surface area contributed by atoms with Gasteiger partial charge in [-0.15, -0.1) is 0 Å². The number of amides is 1. The number of halogens is 1. The molecule has 0 spiro atoms. The Hall–Kier alpha value is -1.37. The Labute approximate surface area is 121 Å². The molecule has 0 unspecified atom stereocenters. The monoisotopic (exact) mass is 326 g/mol. The number of hydrogen-bond donors (Lipinski definition) is 0. The number of carbonyl (C=O) groups is 1. The van der Waals surface area contributed by atoms with Gasteiger partial charge in [-0.2, -0.15) is 10.4 Å². The van der Waals surface area contributed by atoms with Crippen LogP contribution in [0.4, 0.5) is 5.69 Å². The van der Waals surface area contributed by atoms with Crippen LogP contribution in [0.3, 0.4) is 0 Å². The maximum atomic E-state index is 12.0. The molecule has 0 atom stereocenters. The minimum Gasteiger partial charge on any atom is -0.341 e. The predicted octanol–water partition coefficient (Wildman–Crippen LogP) is 2.05. The van der Waals surface area contributed by atoms with Crippen molar-refractivity contribution < 1.29 is 4.79 Å². The second kappa shape index (κ2) is 5.73. The summed E-state index contributed by atoms with van der Waals surface area (Å²) < 4.78 is 2.30. The van der Waals surface area contributed by atoms with Gasteiger partial charge in [0.15, 0.2) is 5.69 Å². The van der Waals surface area contributed by atoms with Crippen molar-refractivity contribution in [2.24, 2.45) is 12.0 Å². The largest absolute Gasteiger partial charge is 0.341 e. The van der Waals surface area contributed by atoms with Crippen molar-refractivity contribution in [2.45, 2.75) is 26.7 Å². The average molecular weight is 327 g/mol. The molecule has 0 saturated carbocycles. The summed E-state index contributed by atoms with van der Waals surface area (Å²) in [6, 6.07) is 0. The van der Waals surface area contributed by atoms with Gasteiger partial charge in [0.1, 0.15) is 10.3 Å². The van der Waals surface area contributed by atoms with Crippen molar-refractivity contribution >= 4 is 33.5 Å². The van der Waals surface area contributed by atoms with Crippen molar-refractivity contribution in [1.29, 1.82) is 0 Å². The van der Waals surface area contributed by atoms with Crippen LogP contribution >= 0.6 is 15.9 Å². The molecule has 0 saturated heterocycles. The van der Waals surface area contributed by atoms with E-state index in [0.717, 1.165) is 25.9 Å². The molecule has 1 amide bonds. The van der Waals surface area contributed by atoms with Crippen molar-refractivity contribution in [2.75, 3.05) is 13.1 Å². The van der Waals surface area contributed by atoms with E-state index in [9.17, 15) is 4.79 Å². The Morgan fingerprint density at radius 2 is 1.89 bits per heavy atom. The van der Waals surface area contributed by atoms with E-state index in [1.165, 1.54) is 0 Å². The quantitative estimate of drug-likeness (QED) is 0.850. The van der Waals surface area contributed by atoms with Crippen LogP contribution < -0.4 is 5.32 Å². The number of rotatable bonds is 4. The molecule has 19 heavy (non-hydrogen) atoms. The number of carbonyl (C=O) groups excluding carboxylic acids is 1. The van der Waals surface area contributed by atoms with Gasteiger partial charge >= 0.3 is 5.91 Å². The molecule has 1 aliphatic rings. The van der Waals surface area contributed by atoms with Crippen LogP contribution in [0.1, 0.15) is 37.2 Å². The Balaban J connectivity index is 2.37. The van der Waals surface area contributed by atoms with Gasteiger partial charge in [-0.1, -0.05) is 13.8 Å². The van der Waals surface area contributed by atoms with E-state index in [1.54, 1.807) is 11.7 Å². The molecule has 0 aliphatic carbocycles. The minimum atomic E-state index is -0.321. The van der Waals surface area contributed by atoms with Gasteiger partial charge < -0.3 is 4.90 Å². The third-order valence-electron chi connectivity index (χ3n) is 2.84. The molecular formula is C12H17BrN5O. The third-order valence-corrected chi connectivity index (χ3v) is 3.73. The van der Waals surface area contributed by atoms with Crippen molar-refractivity contribution in [1.82, 2.24) is 20.0 Å². The van der Waals surface area contributed by atoms with Gasteiger partial charge in [-0.25, -0.2) is 4.99 Å². The summed E-state index contributed by atoms with van der Waals surface area (Å²) in [6.07, 6.45) is 1.98. The maximum Gasteiger partial charge on any atom is 0.303 e. The molecule has 7 heteroatoms. The smallest absolute Gasteiger partial charge is 0.303 e. The lowest BCUT2D eigenvalue weighted by atomic mass is 10.3. The summed E-state index contributed by atoms with van der Waals surface area (Å²) >= 11 is 3.40. The topological polar surface area (TPSA) is 64.6 Å². The van der Waals surface area contributed by atoms with E-state index in [4.69, 9.17) is 0 Å². The molecule has 0 N–H and O–H groups in total. The van der Waals surface area contributed by atoms with Crippen molar-refractivity contribution in [3.8, 4) is 0 Å². The lowest BCUT2D eigenvalue weighted by molar-refractivity contribution is 0.0961. The third kappa shape index (κ3) is 2.65. The van der Waals surface area contributed by atoms with Crippen LogP contribution in [0.2, 0.25) is 0 Å². The summed E-state index contributed by atoms with van der Waals surface area (Å²) in [5.74, 6) is 0.174. The Morgan fingerprint density at radius 3 is 2.47 bits per heavy atom. The molecule has 0 fully saturated rings. The highest BCUT2D eigenvalue weighted by Gasteiger charge is 2.29. The van der Waals surface area contributed by atoms with E-state index in [-0.39, 0.29) is 5.91 Å². The molecule has 1 radical (unpaired) electrons. The lowest BCUT2D eigenvalue weighted by Gasteiger charge is -2.25. The zero-order valence-corrected chi connectivity index (χ0v) is 12.9. The fourth-order valence-electron chi connectivity index (χ4n) is 2.00. The van der Waals surface area contributed by atoms with E-state index < -0.39 is 0 Å². The summed E-state index contributed by atoms with van der Waals surface area (Å²) in [5, 5.41) is 8.17. The number of aromatic nitrogens is 2. The first-order chi connectivity index (χ1) is 9.08. The Kier molecular flexibility index (Phi) is 4.24. The standard InChI is InChI=1S/C12H17BrN5O/c1-4-6-18(7-5-2)12-14-8-9(11(19)15-12)16-17(3)10(8)13/h4-7H2,1-3H3. The minimum absolute atomic E-state index is 0.311. The lowest BCUT2D eigenvalue weighted by Crippen LogP contribution is -2.42. The molecule has 2 heterocycles. The zero-order chi connectivity index (χ0) is 14.0. The SMILES string of the molecule is CCCN(CCC)C1=Nc2c(nn(C)c2Br)C(=O)[N]1. The number of fused-ring (bicyclic) bond motifs is 1. The summed E-state index contributed by atoms with van der Waals surface area (Å²) in [6.45, 7) is 5.88. The van der Waals surface area contributed by atoms with Gasteiger partial charge in [0.25, 0.3) is 0 Å². The summed E-state index contributed by atoms with van der Waals surface area (Å²) in [7, 11) is 1.76. The van der Waals surface area contributed by atoms with Crippen LogP contribution in [0.25, 0.3) is 0 Å². The normalized spacial score (nSPS) is 13.9. The first-order valence-electron chi connectivity index (χ1n) is 6.40. The van der Waals surface area contributed by atoms with Crippen LogP contribution in [0.5, 0.6) is 0 Å². The number of aliphatic imine (C=N–C) groups is 1. The van der Waals surface area contributed by atoms with Gasteiger partial charge in [-0.05, 0) is 28.8 Å². The van der Waals surface area contributed by atoms with Crippen LogP contribution in [-0.4, -0.2) is 39.6 Å². The van der Waals surface area contributed by atoms with Crippen LogP contribution in [-0.2, 0) is 7.05 Å². The number of aryl methyl sites for hydroxylation is 1. The van der Waals surface area contributed by atoms with Gasteiger partial charge in [0.05, 0.1) is 0 Å². The highest BCUT2D eigenvalue weighted by molar-refractivity contribution is 9.10. The van der Waals surface area contributed by atoms with E-state index in [1.807, 2.05) is 4.90 Å². The van der Waals surface area contributed by atoms with E-state index in [2.05, 4.69) is 45.2 Å². The fraction of sp³-hybridized carbons (Fsp3) is 0.583. The van der Waals surface area contributed by atoms with Crippen molar-refractivity contribution in [3.05, 3.63) is 10.3 Å². The van der Waals surface area contributed by atoms with E-state index in [0.29, 0.717) is 21.9 Å². The molecule has 103 valence electrons. The zero-order valence-electron chi connectivity index (χ0n) is 11.4. The highest BCUT2D eigenvalue weighted by atomic mass is 79.9. The second-order valence-electron chi connectivity index (χ2n) is 4.43. The molecule has 0 aromatic carbocycles. The van der Waals surface area contributed by atoms with Gasteiger partial charge in [0.2, 0.25) is 5.96 Å². The molecule has 0 bridgehead atoms. The van der Waals surface area contributed by atoms with Crippen molar-refractivity contribution in [3.63, 3.8) is 0 Å². The Morgan fingerprint density at radius 1 is 1.26 bits per heavy atom. The molecule has 2 rings (SSSR count). The van der Waals surface area contributed by atoms with Crippen LogP contribution in [0.15, 0.2) is 9.60 Å². The molecule has 1 aromatic heterocycles. The fourth-order valence-corrected chi connectivity index (χ4v) is 2.35. The van der Waals surface area contributed by atoms with E-state index >= 15 is 0 Å². The highest BCUT2D eigenvalue weighted by Crippen LogP contribution is 2.31. The van der Waals surface area contributed by atoms with Gasteiger partial charge in [0, 0.05) is 20.1 Å². The molecule has 1 aromatic rings. The number of nitrogens with zero attached hydrogens (tertiary/aromatic N) is 5. The maximum absolute atomic E-state index is 12.0. The summed E-state index contributed by atoms with van der Waals surface area (Å²) in [5.41, 5.74) is 0.890. The molecule has 1 aliphatic heterocycles. The predicted molar refractivity (Wildman–Crippen MR) is 76.6 cm³/mol. The first-order valence-corrected chi connectivity index (χ1v) is 7.20. The van der Waals surface area contributed by atoms with Crippen LogP contribution in [0, 0.1) is 0 Å².